The van der Waals surface area contributed by atoms with Crippen molar-refractivity contribution in [3.05, 3.63) is 35.9 Å². The first kappa shape index (κ1) is 13.6. The second-order valence-electron chi connectivity index (χ2n) is 6.12. The van der Waals surface area contributed by atoms with E-state index in [9.17, 15) is 5.26 Å². The van der Waals surface area contributed by atoms with Gasteiger partial charge < -0.3 is 0 Å². The minimum Gasteiger partial charge on any atom is -0.299 e. The lowest BCUT2D eigenvalue weighted by molar-refractivity contribution is 0.173. The van der Waals surface area contributed by atoms with Crippen molar-refractivity contribution in [3.8, 4) is 6.07 Å². The maximum absolute atomic E-state index is 9.20. The van der Waals surface area contributed by atoms with E-state index in [-0.39, 0.29) is 6.04 Å². The molecule has 106 valence electrons. The van der Waals surface area contributed by atoms with Crippen molar-refractivity contribution < 1.29 is 0 Å². The van der Waals surface area contributed by atoms with E-state index in [0.29, 0.717) is 12.5 Å². The molecule has 2 saturated heterocycles. The number of nitriles is 1. The molecule has 3 unspecified atom stereocenters. The van der Waals surface area contributed by atoms with E-state index in [1.54, 1.807) is 0 Å². The van der Waals surface area contributed by atoms with Crippen molar-refractivity contribution in [2.75, 3.05) is 20.1 Å². The van der Waals surface area contributed by atoms with Gasteiger partial charge in [0.15, 0.2) is 0 Å². The van der Waals surface area contributed by atoms with Crippen molar-refractivity contribution in [1.29, 1.82) is 5.26 Å². The summed E-state index contributed by atoms with van der Waals surface area (Å²) in [6, 6.07) is 14.6. The first-order chi connectivity index (χ1) is 9.79. The lowest BCUT2D eigenvalue weighted by Gasteiger charge is -2.32. The predicted octanol–water partition coefficient (Wildman–Crippen LogP) is 2.81. The van der Waals surface area contributed by atoms with Gasteiger partial charge >= 0.3 is 0 Å². The van der Waals surface area contributed by atoms with Gasteiger partial charge in [-0.15, -0.1) is 0 Å². The molecule has 2 aliphatic heterocycles. The molecule has 0 N–H and O–H groups in total. The molecular weight excluding hydrogens is 246 g/mol. The normalized spacial score (nSPS) is 28.8. The highest BCUT2D eigenvalue weighted by atomic mass is 15.3. The van der Waals surface area contributed by atoms with Crippen LogP contribution in [0.3, 0.4) is 0 Å². The number of hydrogen-bond donors (Lipinski definition) is 0. The van der Waals surface area contributed by atoms with Gasteiger partial charge in [-0.2, -0.15) is 5.26 Å². The van der Waals surface area contributed by atoms with Gasteiger partial charge in [0.05, 0.1) is 12.5 Å². The zero-order valence-electron chi connectivity index (χ0n) is 12.2. The first-order valence-electron chi connectivity index (χ1n) is 7.67. The topological polar surface area (TPSA) is 30.3 Å². The highest BCUT2D eigenvalue weighted by Crippen LogP contribution is 2.33. The number of benzene rings is 1. The average Bonchev–Trinajstić information content (AvgIpc) is 2.71. The van der Waals surface area contributed by atoms with Crippen LogP contribution in [0.4, 0.5) is 0 Å². The Morgan fingerprint density at radius 1 is 1.20 bits per heavy atom. The fourth-order valence-electron chi connectivity index (χ4n) is 3.84. The Hall–Kier alpha value is -1.37. The molecule has 0 saturated carbocycles. The van der Waals surface area contributed by atoms with Gasteiger partial charge in [0, 0.05) is 31.2 Å². The molecule has 1 aromatic rings. The molecule has 0 amide bonds. The highest BCUT2D eigenvalue weighted by Gasteiger charge is 2.36. The van der Waals surface area contributed by atoms with Crippen LogP contribution in [0.25, 0.3) is 0 Å². The second-order valence-corrected chi connectivity index (χ2v) is 6.12. The summed E-state index contributed by atoms with van der Waals surface area (Å²) in [7, 11) is 2.27. The van der Waals surface area contributed by atoms with E-state index in [1.165, 1.54) is 24.8 Å². The monoisotopic (exact) mass is 269 g/mol. The Bertz CT molecular complexity index is 479. The number of likely N-dealkylation sites (N-methyl/N-ethyl adjacent to an activating group) is 1. The predicted molar refractivity (Wildman–Crippen MR) is 80.2 cm³/mol. The summed E-state index contributed by atoms with van der Waals surface area (Å²) in [5, 5.41) is 9.20. The zero-order valence-corrected chi connectivity index (χ0v) is 12.2. The van der Waals surface area contributed by atoms with Gasteiger partial charge in [-0.05, 0) is 31.9 Å². The second kappa shape index (κ2) is 5.95. The summed E-state index contributed by atoms with van der Waals surface area (Å²) < 4.78 is 0. The third kappa shape index (κ3) is 2.59. The van der Waals surface area contributed by atoms with Gasteiger partial charge in [0.1, 0.15) is 0 Å². The standard InChI is InChI=1S/C17H23N3/c1-19-15-7-8-16(19)13-20(12-10-15)17(9-11-18)14-5-3-2-4-6-14/h2-6,15-17H,7-10,12-13H2,1H3. The number of likely N-dealkylation sites (tertiary alicyclic amines) is 1. The highest BCUT2D eigenvalue weighted by molar-refractivity contribution is 5.20. The molecule has 0 aromatic heterocycles. The number of nitrogens with zero attached hydrogens (tertiary/aromatic N) is 3. The van der Waals surface area contributed by atoms with Gasteiger partial charge in [-0.3, -0.25) is 9.80 Å². The molecule has 3 nitrogen and oxygen atoms in total. The van der Waals surface area contributed by atoms with Crippen molar-refractivity contribution in [2.24, 2.45) is 0 Å². The van der Waals surface area contributed by atoms with Crippen LogP contribution in [-0.2, 0) is 0 Å². The Labute approximate surface area is 121 Å². The van der Waals surface area contributed by atoms with Crippen LogP contribution >= 0.6 is 0 Å². The smallest absolute Gasteiger partial charge is 0.0641 e. The summed E-state index contributed by atoms with van der Waals surface area (Å²) in [6.45, 7) is 2.22. The van der Waals surface area contributed by atoms with Crippen LogP contribution in [0.15, 0.2) is 30.3 Å². The Kier molecular flexibility index (Phi) is 4.05. The van der Waals surface area contributed by atoms with E-state index < -0.39 is 0 Å². The molecule has 3 atom stereocenters. The third-order valence-corrected chi connectivity index (χ3v) is 5.09. The van der Waals surface area contributed by atoms with Crippen molar-refractivity contribution in [3.63, 3.8) is 0 Å². The van der Waals surface area contributed by atoms with Crippen LogP contribution in [0.1, 0.15) is 37.3 Å². The molecule has 3 heteroatoms. The summed E-state index contributed by atoms with van der Waals surface area (Å²) in [6.07, 6.45) is 4.49. The summed E-state index contributed by atoms with van der Waals surface area (Å²) in [5.41, 5.74) is 1.29. The number of fused-ring (bicyclic) bond motifs is 2. The molecule has 0 aliphatic carbocycles. The fraction of sp³-hybridized carbons (Fsp3) is 0.588. The maximum Gasteiger partial charge on any atom is 0.0641 e. The molecule has 0 radical (unpaired) electrons. The Balaban J connectivity index is 1.80. The molecule has 3 rings (SSSR count). The van der Waals surface area contributed by atoms with Crippen molar-refractivity contribution >= 4 is 0 Å². The first-order valence-corrected chi connectivity index (χ1v) is 7.67. The largest absolute Gasteiger partial charge is 0.299 e. The van der Waals surface area contributed by atoms with Crippen LogP contribution in [0, 0.1) is 11.3 Å². The lowest BCUT2D eigenvalue weighted by Crippen LogP contribution is -2.38. The van der Waals surface area contributed by atoms with Gasteiger partial charge in [0.25, 0.3) is 0 Å². The molecular formula is C17H23N3. The summed E-state index contributed by atoms with van der Waals surface area (Å²) >= 11 is 0. The van der Waals surface area contributed by atoms with Crippen LogP contribution < -0.4 is 0 Å². The lowest BCUT2D eigenvalue weighted by atomic mass is 10.00. The number of hydrogen-bond acceptors (Lipinski definition) is 3. The quantitative estimate of drug-likeness (QED) is 0.845. The summed E-state index contributed by atoms with van der Waals surface area (Å²) in [5.74, 6) is 0. The average molecular weight is 269 g/mol. The van der Waals surface area contributed by atoms with E-state index in [4.69, 9.17) is 0 Å². The van der Waals surface area contributed by atoms with Gasteiger partial charge in [0.2, 0.25) is 0 Å². The molecule has 2 fully saturated rings. The molecule has 0 spiro atoms. The maximum atomic E-state index is 9.20. The van der Waals surface area contributed by atoms with E-state index in [2.05, 4.69) is 47.2 Å². The molecule has 2 heterocycles. The Morgan fingerprint density at radius 3 is 2.70 bits per heavy atom. The van der Waals surface area contributed by atoms with Crippen LogP contribution in [0.5, 0.6) is 0 Å². The SMILES string of the molecule is CN1C2CCC1CN(C(CC#N)c1ccccc1)CC2. The third-order valence-electron chi connectivity index (χ3n) is 5.09. The zero-order chi connectivity index (χ0) is 13.9. The molecule has 20 heavy (non-hydrogen) atoms. The molecule has 2 bridgehead atoms. The summed E-state index contributed by atoms with van der Waals surface area (Å²) in [4.78, 5) is 5.10. The van der Waals surface area contributed by atoms with Gasteiger partial charge in [-0.25, -0.2) is 0 Å². The van der Waals surface area contributed by atoms with Crippen molar-refractivity contribution in [1.82, 2.24) is 9.80 Å². The van der Waals surface area contributed by atoms with Crippen LogP contribution in [-0.4, -0.2) is 42.0 Å². The minimum absolute atomic E-state index is 0.258. The van der Waals surface area contributed by atoms with Crippen LogP contribution in [0.2, 0.25) is 0 Å². The molecule has 1 aromatic carbocycles. The Morgan fingerprint density at radius 2 is 1.95 bits per heavy atom. The molecule has 2 aliphatic rings. The van der Waals surface area contributed by atoms with Gasteiger partial charge in [-0.1, -0.05) is 30.3 Å². The van der Waals surface area contributed by atoms with E-state index in [0.717, 1.165) is 19.1 Å². The minimum atomic E-state index is 0.258. The van der Waals surface area contributed by atoms with E-state index in [1.807, 2.05) is 6.07 Å². The van der Waals surface area contributed by atoms with E-state index >= 15 is 0 Å². The number of rotatable bonds is 3. The fourth-order valence-corrected chi connectivity index (χ4v) is 3.84. The van der Waals surface area contributed by atoms with Crippen molar-refractivity contribution in [2.45, 2.75) is 43.8 Å².